The molecule has 0 saturated carbocycles. The second-order valence-corrected chi connectivity index (χ2v) is 5.47. The Morgan fingerprint density at radius 2 is 2.12 bits per heavy atom. The monoisotopic (exact) mass is 242 g/mol. The molecule has 1 aromatic heterocycles. The smallest absolute Gasteiger partial charge is 0.113 e. The van der Waals surface area contributed by atoms with E-state index in [9.17, 15) is 0 Å². The van der Waals surface area contributed by atoms with Gasteiger partial charge in [-0.15, -0.1) is 11.3 Å². The van der Waals surface area contributed by atoms with Crippen LogP contribution in [0.25, 0.3) is 0 Å². The van der Waals surface area contributed by atoms with Crippen LogP contribution in [0.1, 0.15) is 35.8 Å². The molecule has 16 heavy (non-hydrogen) atoms. The first-order chi connectivity index (χ1) is 7.53. The molecule has 3 nitrogen and oxygen atoms in total. The molecule has 0 aliphatic rings. The van der Waals surface area contributed by atoms with Crippen molar-refractivity contribution in [2.75, 3.05) is 20.3 Å². The summed E-state index contributed by atoms with van der Waals surface area (Å²) >= 11 is 1.79. The topological polar surface area (TPSA) is 34.1 Å². The molecular formula is C12H22N2OS. The van der Waals surface area contributed by atoms with E-state index >= 15 is 0 Å². The molecule has 0 fully saturated rings. The van der Waals surface area contributed by atoms with Crippen LogP contribution in [0.2, 0.25) is 0 Å². The second kappa shape index (κ2) is 5.75. The van der Waals surface area contributed by atoms with Crippen molar-refractivity contribution in [2.45, 2.75) is 39.7 Å². The first kappa shape index (κ1) is 13.6. The van der Waals surface area contributed by atoms with E-state index in [2.05, 4.69) is 38.0 Å². The Balaban J connectivity index is 2.78. The van der Waals surface area contributed by atoms with Crippen LogP contribution in [-0.2, 0) is 10.3 Å². The molecule has 1 unspecified atom stereocenters. The number of aromatic nitrogens is 1. The fraction of sp³-hybridized carbons (Fsp3) is 0.750. The molecule has 1 aromatic rings. The van der Waals surface area contributed by atoms with Gasteiger partial charge in [-0.25, -0.2) is 4.98 Å². The lowest BCUT2D eigenvalue weighted by molar-refractivity contribution is 0.185. The van der Waals surface area contributed by atoms with Gasteiger partial charge in [0, 0.05) is 18.5 Å². The van der Waals surface area contributed by atoms with E-state index in [0.29, 0.717) is 0 Å². The Morgan fingerprint density at radius 3 is 2.56 bits per heavy atom. The third kappa shape index (κ3) is 3.03. The van der Waals surface area contributed by atoms with E-state index < -0.39 is 0 Å². The van der Waals surface area contributed by atoms with E-state index in [1.807, 2.05) is 0 Å². The van der Waals surface area contributed by atoms with Gasteiger partial charge in [0.1, 0.15) is 5.01 Å². The molecule has 92 valence electrons. The van der Waals surface area contributed by atoms with Crippen LogP contribution in [-0.4, -0.2) is 25.2 Å². The van der Waals surface area contributed by atoms with Crippen LogP contribution in [0, 0.1) is 13.8 Å². The molecule has 0 radical (unpaired) electrons. The number of thiazole rings is 1. The van der Waals surface area contributed by atoms with Gasteiger partial charge in [-0.1, -0.05) is 6.92 Å². The highest BCUT2D eigenvalue weighted by Crippen LogP contribution is 2.29. The van der Waals surface area contributed by atoms with Gasteiger partial charge in [0.2, 0.25) is 0 Å². The van der Waals surface area contributed by atoms with Crippen molar-refractivity contribution < 1.29 is 4.74 Å². The van der Waals surface area contributed by atoms with Gasteiger partial charge >= 0.3 is 0 Å². The van der Waals surface area contributed by atoms with Crippen molar-refractivity contribution >= 4 is 11.3 Å². The number of aryl methyl sites for hydroxylation is 2. The van der Waals surface area contributed by atoms with Crippen molar-refractivity contribution in [3.8, 4) is 0 Å². The summed E-state index contributed by atoms with van der Waals surface area (Å²) < 4.78 is 5.07. The number of hydrogen-bond acceptors (Lipinski definition) is 4. The Bertz CT molecular complexity index is 318. The summed E-state index contributed by atoms with van der Waals surface area (Å²) in [5, 5.41) is 4.71. The lowest BCUT2D eigenvalue weighted by Gasteiger charge is -2.27. The zero-order chi connectivity index (χ0) is 12.2. The van der Waals surface area contributed by atoms with Crippen molar-refractivity contribution in [3.05, 3.63) is 15.6 Å². The minimum absolute atomic E-state index is 0.0256. The summed E-state index contributed by atoms with van der Waals surface area (Å²) in [7, 11) is 1.72. The van der Waals surface area contributed by atoms with Gasteiger partial charge in [-0.3, -0.25) is 0 Å². The zero-order valence-corrected chi connectivity index (χ0v) is 11.7. The van der Waals surface area contributed by atoms with E-state index in [1.54, 1.807) is 18.4 Å². The fourth-order valence-corrected chi connectivity index (χ4v) is 2.60. The molecule has 1 atom stereocenters. The number of methoxy groups -OCH3 is 1. The molecule has 0 aromatic carbocycles. The lowest BCUT2D eigenvalue weighted by Crippen LogP contribution is -2.40. The summed E-state index contributed by atoms with van der Waals surface area (Å²) in [6, 6.07) is 0. The minimum Gasteiger partial charge on any atom is -0.383 e. The number of nitrogens with zero attached hydrogens (tertiary/aromatic N) is 1. The van der Waals surface area contributed by atoms with Crippen LogP contribution < -0.4 is 5.32 Å². The molecule has 0 aliphatic heterocycles. The SMILES string of the molecule is CCC(C)(NCCOC)c1nc(C)c(C)s1. The summed E-state index contributed by atoms with van der Waals surface area (Å²) in [5.74, 6) is 0. The highest BCUT2D eigenvalue weighted by Gasteiger charge is 2.27. The Kier molecular flexibility index (Phi) is 4.89. The first-order valence-corrected chi connectivity index (χ1v) is 6.53. The van der Waals surface area contributed by atoms with Gasteiger partial charge in [0.15, 0.2) is 0 Å². The average Bonchev–Trinajstić information content (AvgIpc) is 2.60. The van der Waals surface area contributed by atoms with Gasteiger partial charge in [0.05, 0.1) is 17.8 Å². The molecule has 0 saturated heterocycles. The van der Waals surface area contributed by atoms with Crippen LogP contribution in [0.4, 0.5) is 0 Å². The molecule has 1 N–H and O–H groups in total. The van der Waals surface area contributed by atoms with Crippen LogP contribution in [0.3, 0.4) is 0 Å². The predicted octanol–water partition coefficient (Wildman–Crippen LogP) is 2.62. The number of ether oxygens (including phenoxy) is 1. The quantitative estimate of drug-likeness (QED) is 0.779. The minimum atomic E-state index is -0.0256. The molecule has 0 amide bonds. The van der Waals surface area contributed by atoms with Gasteiger partial charge in [0.25, 0.3) is 0 Å². The van der Waals surface area contributed by atoms with Crippen molar-refractivity contribution in [1.82, 2.24) is 10.3 Å². The molecule has 1 rings (SSSR count). The number of hydrogen-bond donors (Lipinski definition) is 1. The molecule has 0 bridgehead atoms. The first-order valence-electron chi connectivity index (χ1n) is 5.72. The van der Waals surface area contributed by atoms with E-state index in [0.717, 1.165) is 25.3 Å². The molecule has 1 heterocycles. The summed E-state index contributed by atoms with van der Waals surface area (Å²) in [6.45, 7) is 10.2. The summed E-state index contributed by atoms with van der Waals surface area (Å²) in [6.07, 6.45) is 1.03. The van der Waals surface area contributed by atoms with Gasteiger partial charge < -0.3 is 10.1 Å². The highest BCUT2D eigenvalue weighted by atomic mass is 32.1. The Hall–Kier alpha value is -0.450. The van der Waals surface area contributed by atoms with Crippen LogP contribution >= 0.6 is 11.3 Å². The predicted molar refractivity (Wildman–Crippen MR) is 69.1 cm³/mol. The molecular weight excluding hydrogens is 220 g/mol. The van der Waals surface area contributed by atoms with Crippen molar-refractivity contribution in [3.63, 3.8) is 0 Å². The maximum atomic E-state index is 5.07. The summed E-state index contributed by atoms with van der Waals surface area (Å²) in [5.41, 5.74) is 1.12. The second-order valence-electron chi connectivity index (χ2n) is 4.27. The maximum absolute atomic E-state index is 5.07. The number of nitrogens with one attached hydrogen (secondary N) is 1. The third-order valence-corrected chi connectivity index (χ3v) is 4.37. The van der Waals surface area contributed by atoms with E-state index in [4.69, 9.17) is 4.74 Å². The van der Waals surface area contributed by atoms with Crippen molar-refractivity contribution in [1.29, 1.82) is 0 Å². The lowest BCUT2D eigenvalue weighted by atomic mass is 10.00. The van der Waals surface area contributed by atoms with Crippen LogP contribution in [0.15, 0.2) is 0 Å². The fourth-order valence-electron chi connectivity index (χ4n) is 1.49. The van der Waals surface area contributed by atoms with Crippen molar-refractivity contribution in [2.24, 2.45) is 0 Å². The van der Waals surface area contributed by atoms with E-state index in [1.165, 1.54) is 9.88 Å². The Morgan fingerprint density at radius 1 is 1.44 bits per heavy atom. The van der Waals surface area contributed by atoms with Gasteiger partial charge in [-0.05, 0) is 27.2 Å². The van der Waals surface area contributed by atoms with Gasteiger partial charge in [-0.2, -0.15) is 0 Å². The zero-order valence-electron chi connectivity index (χ0n) is 10.9. The molecule has 0 spiro atoms. The Labute approximate surface area is 102 Å². The molecule has 0 aliphatic carbocycles. The van der Waals surface area contributed by atoms with Crippen LogP contribution in [0.5, 0.6) is 0 Å². The highest BCUT2D eigenvalue weighted by molar-refractivity contribution is 7.11. The summed E-state index contributed by atoms with van der Waals surface area (Å²) in [4.78, 5) is 5.96. The normalized spacial score (nSPS) is 15.1. The standard InChI is InChI=1S/C12H22N2OS/c1-6-12(4,13-7-8-15-5)11-14-9(2)10(3)16-11/h13H,6-8H2,1-5H3. The number of rotatable bonds is 6. The van der Waals surface area contributed by atoms with E-state index in [-0.39, 0.29) is 5.54 Å². The third-order valence-electron chi connectivity index (χ3n) is 3.03. The maximum Gasteiger partial charge on any atom is 0.113 e. The average molecular weight is 242 g/mol. The largest absolute Gasteiger partial charge is 0.383 e. The molecule has 4 heteroatoms.